The monoisotopic (exact) mass is 784 g/mol. The molecule has 52 heavy (non-hydrogen) atoms. The molecule has 0 radical (unpaired) electrons. The molecule has 2 aliphatic carbocycles. The number of carbonyl (C=O) groups is 4. The molecule has 0 aromatic heterocycles. The van der Waals surface area contributed by atoms with Gasteiger partial charge in [0.1, 0.15) is 22.9 Å². The van der Waals surface area contributed by atoms with Gasteiger partial charge in [-0.15, -0.1) is 23.2 Å². The summed E-state index contributed by atoms with van der Waals surface area (Å²) in [5.74, 6) is -23.0. The van der Waals surface area contributed by atoms with Crippen molar-refractivity contribution in [2.24, 2.45) is 17.8 Å². The van der Waals surface area contributed by atoms with E-state index in [0.717, 1.165) is 17.0 Å². The Morgan fingerprint density at radius 1 is 0.808 bits per heavy atom. The van der Waals surface area contributed by atoms with Gasteiger partial charge in [0, 0.05) is 28.6 Å². The first-order valence-corrected chi connectivity index (χ1v) is 16.7. The number of alkyl halides is 2. The van der Waals surface area contributed by atoms with E-state index >= 15 is 8.78 Å². The number of imide groups is 2. The van der Waals surface area contributed by atoms with E-state index in [2.05, 4.69) is 0 Å². The molecule has 1 saturated carbocycles. The van der Waals surface area contributed by atoms with Crippen LogP contribution in [-0.4, -0.2) is 52.7 Å². The summed E-state index contributed by atoms with van der Waals surface area (Å²) >= 11 is 20.7. The largest absolute Gasteiger partial charge is 0.508 e. The fraction of sp³-hybridized carbons (Fsp3) is 0.314. The zero-order valence-electron chi connectivity index (χ0n) is 27.0. The Hall–Kier alpha value is -4.40. The third-order valence-electron chi connectivity index (χ3n) is 10.5. The van der Waals surface area contributed by atoms with Gasteiger partial charge in [-0.3, -0.25) is 19.2 Å². The molecule has 17 heteroatoms. The molecule has 4 amide bonds. The summed E-state index contributed by atoms with van der Waals surface area (Å²) in [5, 5.41) is 10.7. The molecular weight excluding hydrogens is 762 g/mol. The van der Waals surface area contributed by atoms with E-state index < -0.39 is 98.2 Å². The number of benzene rings is 3. The van der Waals surface area contributed by atoms with Crippen LogP contribution in [0, 0.1) is 53.8 Å². The number of nitrogens with zero attached hydrogens (tertiary/aromatic N) is 2. The Bertz CT molecular complexity index is 2150. The van der Waals surface area contributed by atoms with Crippen LogP contribution in [0.15, 0.2) is 42.0 Å². The number of aromatic hydroxyl groups is 1. The van der Waals surface area contributed by atoms with Crippen LogP contribution in [0.4, 0.5) is 33.3 Å². The molecule has 9 nitrogen and oxygen atoms in total. The fourth-order valence-corrected chi connectivity index (χ4v) is 9.16. The van der Waals surface area contributed by atoms with Crippen molar-refractivity contribution >= 4 is 69.8 Å². The van der Waals surface area contributed by atoms with E-state index in [1.54, 1.807) is 13.0 Å². The summed E-state index contributed by atoms with van der Waals surface area (Å²) in [7, 11) is 2.37. The molecule has 3 aromatic carbocycles. The number of ether oxygens (including phenoxy) is 2. The highest BCUT2D eigenvalue weighted by Gasteiger charge is 2.77. The fourth-order valence-electron chi connectivity index (χ4n) is 8.07. The lowest BCUT2D eigenvalue weighted by Crippen LogP contribution is -2.60. The molecule has 4 aliphatic rings. The summed E-state index contributed by atoms with van der Waals surface area (Å²) in [6.45, 7) is 1.72. The number of aryl methyl sites for hydroxylation is 1. The minimum atomic E-state index is -2.83. The molecule has 3 aromatic rings. The molecule has 0 bridgehead atoms. The van der Waals surface area contributed by atoms with Crippen molar-refractivity contribution in [2.45, 2.75) is 35.4 Å². The third kappa shape index (κ3) is 4.52. The molecule has 1 N–H and O–H groups in total. The first-order chi connectivity index (χ1) is 24.5. The lowest BCUT2D eigenvalue weighted by Gasteiger charge is -2.51. The lowest BCUT2D eigenvalue weighted by atomic mass is 9.56. The highest BCUT2D eigenvalue weighted by Crippen LogP contribution is 2.68. The predicted molar refractivity (Wildman–Crippen MR) is 176 cm³/mol. The topological polar surface area (TPSA) is 113 Å². The normalized spacial score (nSPS) is 28.2. The Balaban J connectivity index is 1.48. The SMILES string of the molecule is COc1cc(O)cc(OC)c1[C@H]1C2=CC[C@@H]3C(=O)N(c4ccc(C)c(Cl)c4)C(=O)[C@@H]3[C@@H]2C[C@@]2(Cl)C(=O)N(c3c(F)c(F)c(F)c(F)c3F)C(=O)[C@@]12Cl. The number of amides is 4. The summed E-state index contributed by atoms with van der Waals surface area (Å²) in [6, 6.07) is 6.78. The van der Waals surface area contributed by atoms with Crippen LogP contribution in [0.2, 0.25) is 5.02 Å². The number of phenolic OH excluding ortho intramolecular Hbond substituents is 1. The summed E-state index contributed by atoms with van der Waals surface area (Å²) in [4.78, 5) is 52.3. The molecule has 0 spiro atoms. The summed E-state index contributed by atoms with van der Waals surface area (Å²) < 4.78 is 84.8. The molecule has 6 atom stereocenters. The Morgan fingerprint density at radius 3 is 1.94 bits per heavy atom. The number of hydrogen-bond donors (Lipinski definition) is 1. The Labute approximate surface area is 306 Å². The van der Waals surface area contributed by atoms with Crippen molar-refractivity contribution in [3.63, 3.8) is 0 Å². The minimum absolute atomic E-state index is 0.0951. The second-order valence-corrected chi connectivity index (χ2v) is 14.6. The predicted octanol–water partition coefficient (Wildman–Crippen LogP) is 6.83. The molecule has 2 heterocycles. The number of carbonyl (C=O) groups excluding carboxylic acids is 4. The highest BCUT2D eigenvalue weighted by molar-refractivity contribution is 6.58. The maximum Gasteiger partial charge on any atom is 0.258 e. The standard InChI is InChI=1S/C35H24Cl3F5N2O7/c1-12-4-5-13(8-18(12)36)44-30(47)16-7-6-15-17(21(16)31(44)48)11-34(37)32(49)45(29-27(42)25(40)24(39)26(41)28(29)43)33(50)35(34,38)23(15)22-19(51-2)9-14(46)10-20(22)52-3/h4-6,8-10,16-17,21,23,46H,7,11H2,1-3H3/t16-,17+,21-,23+,34+,35-/m0/s1. The first-order valence-electron chi connectivity index (χ1n) is 15.5. The second-order valence-electron chi connectivity index (χ2n) is 12.9. The van der Waals surface area contributed by atoms with Gasteiger partial charge in [0.15, 0.2) is 33.0 Å². The number of allylic oxidation sites excluding steroid dienone is 2. The zero-order valence-corrected chi connectivity index (χ0v) is 29.3. The van der Waals surface area contributed by atoms with Gasteiger partial charge >= 0.3 is 0 Å². The molecule has 0 unspecified atom stereocenters. The van der Waals surface area contributed by atoms with Crippen molar-refractivity contribution in [2.75, 3.05) is 24.0 Å². The molecule has 3 fully saturated rings. The van der Waals surface area contributed by atoms with Crippen molar-refractivity contribution in [3.8, 4) is 17.2 Å². The average molecular weight is 786 g/mol. The first kappa shape index (κ1) is 36.0. The van der Waals surface area contributed by atoms with Crippen LogP contribution in [0.5, 0.6) is 17.2 Å². The van der Waals surface area contributed by atoms with Gasteiger partial charge in [0.25, 0.3) is 11.8 Å². The van der Waals surface area contributed by atoms with E-state index in [0.29, 0.717) is 5.56 Å². The smallest absolute Gasteiger partial charge is 0.258 e. The van der Waals surface area contributed by atoms with E-state index in [-0.39, 0.29) is 50.4 Å². The molecular formula is C35H24Cl3F5N2O7. The van der Waals surface area contributed by atoms with Crippen molar-refractivity contribution in [1.82, 2.24) is 0 Å². The lowest BCUT2D eigenvalue weighted by molar-refractivity contribution is -0.125. The molecule has 2 aliphatic heterocycles. The quantitative estimate of drug-likeness (QED) is 0.0754. The van der Waals surface area contributed by atoms with E-state index in [1.165, 1.54) is 32.4 Å². The van der Waals surface area contributed by atoms with Gasteiger partial charge in [-0.1, -0.05) is 29.3 Å². The van der Waals surface area contributed by atoms with E-state index in [4.69, 9.17) is 44.3 Å². The molecule has 7 rings (SSSR count). The van der Waals surface area contributed by atoms with Gasteiger partial charge in [-0.05, 0) is 43.4 Å². The van der Waals surface area contributed by atoms with Crippen LogP contribution in [0.1, 0.15) is 29.9 Å². The highest BCUT2D eigenvalue weighted by atomic mass is 35.5. The van der Waals surface area contributed by atoms with E-state index in [9.17, 15) is 37.5 Å². The number of methoxy groups -OCH3 is 2. The number of anilines is 2. The zero-order chi connectivity index (χ0) is 37.9. The summed E-state index contributed by atoms with van der Waals surface area (Å²) in [5.41, 5.74) is -1.03. The molecule has 2 saturated heterocycles. The van der Waals surface area contributed by atoms with Gasteiger partial charge in [-0.2, -0.15) is 0 Å². The van der Waals surface area contributed by atoms with Crippen LogP contribution < -0.4 is 19.3 Å². The number of fused-ring (bicyclic) bond motifs is 4. The van der Waals surface area contributed by atoms with Crippen molar-refractivity contribution in [3.05, 3.63) is 87.2 Å². The van der Waals surface area contributed by atoms with Crippen LogP contribution in [0.25, 0.3) is 0 Å². The van der Waals surface area contributed by atoms with Crippen molar-refractivity contribution < 1.29 is 55.7 Å². The third-order valence-corrected chi connectivity index (χ3v) is 12.3. The number of phenols is 1. The van der Waals surface area contributed by atoms with Gasteiger partial charge in [0.2, 0.25) is 17.6 Å². The molecule has 272 valence electrons. The van der Waals surface area contributed by atoms with Gasteiger partial charge in [-0.25, -0.2) is 31.8 Å². The Kier molecular flexibility index (Phi) is 8.35. The Morgan fingerprint density at radius 2 is 1.38 bits per heavy atom. The van der Waals surface area contributed by atoms with Gasteiger partial charge < -0.3 is 14.6 Å². The summed E-state index contributed by atoms with van der Waals surface area (Å²) in [6.07, 6.45) is 0.725. The second kappa shape index (κ2) is 12.1. The average Bonchev–Trinajstić information content (AvgIpc) is 3.45. The van der Waals surface area contributed by atoms with Crippen molar-refractivity contribution in [1.29, 1.82) is 0 Å². The van der Waals surface area contributed by atoms with E-state index in [1.807, 2.05) is 0 Å². The minimum Gasteiger partial charge on any atom is -0.508 e. The van der Waals surface area contributed by atoms with Crippen LogP contribution >= 0.6 is 34.8 Å². The van der Waals surface area contributed by atoms with Gasteiger partial charge in [0.05, 0.1) is 31.7 Å². The maximum atomic E-state index is 15.3. The number of halogens is 8. The van der Waals surface area contributed by atoms with Crippen LogP contribution in [-0.2, 0) is 19.2 Å². The number of hydrogen-bond acceptors (Lipinski definition) is 7. The number of rotatable bonds is 5. The maximum absolute atomic E-state index is 15.3. The van der Waals surface area contributed by atoms with Crippen LogP contribution in [0.3, 0.4) is 0 Å².